The molecule has 114 valence electrons. The van der Waals surface area contributed by atoms with Crippen LogP contribution in [0, 0.1) is 0 Å². The van der Waals surface area contributed by atoms with Crippen molar-refractivity contribution in [3.63, 3.8) is 0 Å². The van der Waals surface area contributed by atoms with E-state index >= 15 is 0 Å². The van der Waals surface area contributed by atoms with E-state index in [0.29, 0.717) is 22.4 Å². The second-order valence-electron chi connectivity index (χ2n) is 5.51. The van der Waals surface area contributed by atoms with Gasteiger partial charge in [-0.15, -0.1) is 10.2 Å². The number of aromatic nitrogens is 4. The van der Waals surface area contributed by atoms with E-state index in [1.807, 2.05) is 13.8 Å². The van der Waals surface area contributed by atoms with Crippen molar-refractivity contribution in [2.45, 2.75) is 45.1 Å². The third-order valence-electron chi connectivity index (χ3n) is 3.55. The molecule has 8 heteroatoms. The van der Waals surface area contributed by atoms with Crippen molar-refractivity contribution in [1.82, 2.24) is 19.8 Å². The van der Waals surface area contributed by atoms with Gasteiger partial charge in [-0.25, -0.2) is 0 Å². The van der Waals surface area contributed by atoms with E-state index in [2.05, 4.69) is 15.3 Å². The molecule has 3 heterocycles. The maximum absolute atomic E-state index is 12.1. The predicted octanol–water partition coefficient (Wildman–Crippen LogP) is 1.88. The number of ether oxygens (including phenoxy) is 2. The maximum atomic E-state index is 12.1. The maximum Gasteiger partial charge on any atom is 0.318 e. The van der Waals surface area contributed by atoms with Crippen LogP contribution in [0.15, 0.2) is 0 Å². The van der Waals surface area contributed by atoms with Crippen LogP contribution in [0.4, 0.5) is 0 Å². The Labute approximate surface area is 126 Å². The Morgan fingerprint density at radius 2 is 2.33 bits per heavy atom. The molecule has 1 aliphatic rings. The largest absolute Gasteiger partial charge is 0.465 e. The van der Waals surface area contributed by atoms with Crippen LogP contribution >= 0.6 is 11.3 Å². The number of carbonyl (C=O) groups excluding carboxylic acids is 1. The fourth-order valence-electron chi connectivity index (χ4n) is 2.27. The SMILES string of the molecule is CCOC(=O)C(C)(C)c1nn2c(C3CCCO3)nnc2s1. The molecule has 2 aromatic rings. The first-order chi connectivity index (χ1) is 10.0. The molecule has 1 aliphatic heterocycles. The van der Waals surface area contributed by atoms with Crippen molar-refractivity contribution in [2.75, 3.05) is 13.2 Å². The molecule has 0 spiro atoms. The summed E-state index contributed by atoms with van der Waals surface area (Å²) in [5.74, 6) is 0.429. The number of nitrogens with zero attached hydrogens (tertiary/aromatic N) is 4. The highest BCUT2D eigenvalue weighted by Crippen LogP contribution is 2.32. The minimum Gasteiger partial charge on any atom is -0.465 e. The zero-order chi connectivity index (χ0) is 15.0. The van der Waals surface area contributed by atoms with Crippen LogP contribution in [-0.4, -0.2) is 39.0 Å². The van der Waals surface area contributed by atoms with Crippen LogP contribution in [0.1, 0.15) is 50.5 Å². The third kappa shape index (κ3) is 2.42. The van der Waals surface area contributed by atoms with Gasteiger partial charge < -0.3 is 9.47 Å². The molecular weight excluding hydrogens is 292 g/mol. The Morgan fingerprint density at radius 1 is 1.52 bits per heavy atom. The summed E-state index contributed by atoms with van der Waals surface area (Å²) in [6, 6.07) is 0. The molecule has 0 bridgehead atoms. The summed E-state index contributed by atoms with van der Waals surface area (Å²) in [5, 5.41) is 13.5. The normalized spacial score (nSPS) is 19.3. The quantitative estimate of drug-likeness (QED) is 0.802. The average Bonchev–Trinajstić information content (AvgIpc) is 3.14. The zero-order valence-corrected chi connectivity index (χ0v) is 13.1. The summed E-state index contributed by atoms with van der Waals surface area (Å²) in [4.78, 5) is 12.8. The van der Waals surface area contributed by atoms with Crippen LogP contribution in [-0.2, 0) is 19.7 Å². The number of esters is 1. The highest BCUT2D eigenvalue weighted by Gasteiger charge is 2.36. The molecular formula is C13H18N4O3S. The van der Waals surface area contributed by atoms with Crippen LogP contribution in [0.5, 0.6) is 0 Å². The summed E-state index contributed by atoms with van der Waals surface area (Å²) in [6.45, 7) is 6.51. The molecule has 1 fully saturated rings. The summed E-state index contributed by atoms with van der Waals surface area (Å²) in [5.41, 5.74) is -0.796. The lowest BCUT2D eigenvalue weighted by Crippen LogP contribution is -2.31. The van der Waals surface area contributed by atoms with Gasteiger partial charge in [0.1, 0.15) is 16.5 Å². The highest BCUT2D eigenvalue weighted by atomic mass is 32.1. The molecule has 1 unspecified atom stereocenters. The monoisotopic (exact) mass is 310 g/mol. The molecule has 2 aromatic heterocycles. The highest BCUT2D eigenvalue weighted by molar-refractivity contribution is 7.16. The first kappa shape index (κ1) is 14.4. The van der Waals surface area contributed by atoms with Gasteiger partial charge in [-0.2, -0.15) is 9.61 Å². The van der Waals surface area contributed by atoms with E-state index < -0.39 is 5.41 Å². The lowest BCUT2D eigenvalue weighted by molar-refractivity contribution is -0.148. The first-order valence-corrected chi connectivity index (χ1v) is 7.87. The second kappa shape index (κ2) is 5.34. The van der Waals surface area contributed by atoms with E-state index in [1.54, 1.807) is 11.4 Å². The topological polar surface area (TPSA) is 78.6 Å². The minimum absolute atomic E-state index is 0.0549. The third-order valence-corrected chi connectivity index (χ3v) is 4.78. The molecule has 0 N–H and O–H groups in total. The molecule has 0 aromatic carbocycles. The molecule has 1 saturated heterocycles. The fraction of sp³-hybridized carbons (Fsp3) is 0.692. The van der Waals surface area contributed by atoms with Gasteiger partial charge in [-0.3, -0.25) is 4.79 Å². The van der Waals surface area contributed by atoms with Crippen molar-refractivity contribution >= 4 is 22.3 Å². The van der Waals surface area contributed by atoms with E-state index in [9.17, 15) is 4.79 Å². The number of carbonyl (C=O) groups is 1. The summed E-state index contributed by atoms with van der Waals surface area (Å²) >= 11 is 1.36. The van der Waals surface area contributed by atoms with Crippen LogP contribution < -0.4 is 0 Å². The molecule has 3 rings (SSSR count). The summed E-state index contributed by atoms with van der Waals surface area (Å²) < 4.78 is 12.4. The molecule has 0 aliphatic carbocycles. The zero-order valence-electron chi connectivity index (χ0n) is 12.3. The van der Waals surface area contributed by atoms with E-state index in [0.717, 1.165) is 19.4 Å². The average molecular weight is 310 g/mol. The summed E-state index contributed by atoms with van der Waals surface area (Å²) in [7, 11) is 0. The van der Waals surface area contributed by atoms with Crippen LogP contribution in [0.3, 0.4) is 0 Å². The number of hydrogen-bond acceptors (Lipinski definition) is 7. The Morgan fingerprint density at radius 3 is 3.00 bits per heavy atom. The van der Waals surface area contributed by atoms with Gasteiger partial charge in [0.25, 0.3) is 0 Å². The van der Waals surface area contributed by atoms with E-state index in [1.165, 1.54) is 11.3 Å². The molecule has 0 radical (unpaired) electrons. The van der Waals surface area contributed by atoms with Gasteiger partial charge in [0, 0.05) is 6.61 Å². The standard InChI is InChI=1S/C13H18N4O3S/c1-4-19-11(18)13(2,3)10-16-17-9(8-6-5-7-20-8)14-15-12(17)21-10/h8H,4-7H2,1-3H3. The van der Waals surface area contributed by atoms with Gasteiger partial charge in [-0.05, 0) is 33.6 Å². The Hall–Kier alpha value is -1.54. The molecule has 21 heavy (non-hydrogen) atoms. The first-order valence-electron chi connectivity index (χ1n) is 7.05. The van der Waals surface area contributed by atoms with Gasteiger partial charge >= 0.3 is 5.97 Å². The minimum atomic E-state index is -0.796. The molecule has 0 saturated carbocycles. The Bertz CT molecular complexity index is 657. The van der Waals surface area contributed by atoms with Crippen molar-refractivity contribution in [1.29, 1.82) is 0 Å². The molecule has 0 amide bonds. The van der Waals surface area contributed by atoms with Crippen LogP contribution in [0.2, 0.25) is 0 Å². The number of hydrogen-bond donors (Lipinski definition) is 0. The number of fused-ring (bicyclic) bond motifs is 1. The Kier molecular flexibility index (Phi) is 3.66. The van der Waals surface area contributed by atoms with Crippen molar-refractivity contribution in [2.24, 2.45) is 0 Å². The van der Waals surface area contributed by atoms with Crippen molar-refractivity contribution < 1.29 is 14.3 Å². The lowest BCUT2D eigenvalue weighted by atomic mass is 9.95. The van der Waals surface area contributed by atoms with Gasteiger partial charge in [0.05, 0.1) is 6.61 Å². The smallest absolute Gasteiger partial charge is 0.318 e. The molecule has 1 atom stereocenters. The van der Waals surface area contributed by atoms with Gasteiger partial charge in [0.15, 0.2) is 5.82 Å². The molecule has 7 nitrogen and oxygen atoms in total. The number of rotatable bonds is 4. The fourth-order valence-corrected chi connectivity index (χ4v) is 3.20. The van der Waals surface area contributed by atoms with Crippen LogP contribution in [0.25, 0.3) is 4.96 Å². The Balaban J connectivity index is 1.96. The van der Waals surface area contributed by atoms with E-state index in [4.69, 9.17) is 9.47 Å². The van der Waals surface area contributed by atoms with Crippen molar-refractivity contribution in [3.8, 4) is 0 Å². The van der Waals surface area contributed by atoms with Crippen molar-refractivity contribution in [3.05, 3.63) is 10.8 Å². The van der Waals surface area contributed by atoms with E-state index in [-0.39, 0.29) is 12.1 Å². The van der Waals surface area contributed by atoms with Gasteiger partial charge in [0.2, 0.25) is 4.96 Å². The summed E-state index contributed by atoms with van der Waals surface area (Å²) in [6.07, 6.45) is 1.89. The lowest BCUT2D eigenvalue weighted by Gasteiger charge is -2.18. The van der Waals surface area contributed by atoms with Gasteiger partial charge in [-0.1, -0.05) is 11.3 Å². The predicted molar refractivity (Wildman–Crippen MR) is 76.2 cm³/mol. The second-order valence-corrected chi connectivity index (χ2v) is 6.46.